The van der Waals surface area contributed by atoms with Crippen molar-refractivity contribution in [3.63, 3.8) is 0 Å². The second-order valence-electron chi connectivity index (χ2n) is 3.65. The number of nitrogens with two attached hydrogens (primary N) is 1. The molecule has 80 valence electrons. The summed E-state index contributed by atoms with van der Waals surface area (Å²) < 4.78 is 12.2. The summed E-state index contributed by atoms with van der Waals surface area (Å²) in [7, 11) is 0. The van der Waals surface area contributed by atoms with Gasteiger partial charge in [-0.3, -0.25) is 4.79 Å². The van der Waals surface area contributed by atoms with Gasteiger partial charge >= 0.3 is 0 Å². The van der Waals surface area contributed by atoms with Crippen molar-refractivity contribution in [2.45, 2.75) is 44.6 Å². The molecule has 14 heavy (non-hydrogen) atoms. The highest BCUT2D eigenvalue weighted by atomic mass is 16.5. The Labute approximate surface area is 86.8 Å². The van der Waals surface area contributed by atoms with E-state index in [1.165, 1.54) is 19.3 Å². The predicted molar refractivity (Wildman–Crippen MR) is 55.8 cm³/mol. The van der Waals surface area contributed by atoms with Crippen LogP contribution in [0.4, 0.5) is 0 Å². The fraction of sp³-hybridized carbons (Fsp3) is 0.727. The van der Waals surface area contributed by atoms with Crippen LogP contribution in [-0.2, 0) is 9.53 Å². The number of ether oxygens (including phenoxy) is 1. The standard InChI is InChI=1S/C11H19NO2/c12-11(13)8-9-14-10-6-4-2-1-3-5-7-10/h4,6,10H,1-3,5,7-9H2,(H2,12,13)/b6-4+/i/hD. The second-order valence-corrected chi connectivity index (χ2v) is 3.65. The minimum absolute atomic E-state index is 0.156. The summed E-state index contributed by atoms with van der Waals surface area (Å²) in [6.07, 6.45) is 10.6. The fourth-order valence-electron chi connectivity index (χ4n) is 1.57. The predicted octanol–water partition coefficient (Wildman–Crippen LogP) is 1.77. The maximum Gasteiger partial charge on any atom is 0.219 e. The molecule has 1 rings (SSSR count). The Morgan fingerprint density at radius 1 is 1.57 bits per heavy atom. The molecule has 2 N–H and O–H groups in total. The van der Waals surface area contributed by atoms with Gasteiger partial charge in [0.05, 0.1) is 12.7 Å². The first-order chi connectivity index (χ1) is 7.33. The number of amides is 1. The van der Waals surface area contributed by atoms with Crippen LogP contribution < -0.4 is 5.73 Å². The number of hydrogen-bond donors (Lipinski definition) is 1. The lowest BCUT2D eigenvalue weighted by molar-refractivity contribution is -0.119. The average Bonchev–Trinajstić information content (AvgIpc) is 2.20. The van der Waals surface area contributed by atoms with Crippen LogP contribution in [-0.4, -0.2) is 18.6 Å². The topological polar surface area (TPSA) is 52.3 Å². The smallest absolute Gasteiger partial charge is 0.219 e. The van der Waals surface area contributed by atoms with E-state index in [1.807, 2.05) is 5.73 Å². The summed E-state index contributed by atoms with van der Waals surface area (Å²) >= 11 is 0. The third kappa shape index (κ3) is 5.02. The molecule has 1 aliphatic carbocycles. The Morgan fingerprint density at radius 3 is 3.36 bits per heavy atom. The third-order valence-corrected chi connectivity index (χ3v) is 2.37. The van der Waals surface area contributed by atoms with E-state index in [9.17, 15) is 4.79 Å². The normalized spacial score (nSPS) is 25.7. The Balaban J connectivity index is 2.18. The quantitative estimate of drug-likeness (QED) is 0.700. The number of allylic oxidation sites excluding steroid dienone is 1. The Hall–Kier alpha value is -0.830. The van der Waals surface area contributed by atoms with E-state index in [1.54, 1.807) is 0 Å². The third-order valence-electron chi connectivity index (χ3n) is 2.37. The number of hydrogen-bond acceptors (Lipinski definition) is 2. The van der Waals surface area contributed by atoms with Gasteiger partial charge in [-0.05, 0) is 19.3 Å². The van der Waals surface area contributed by atoms with Gasteiger partial charge in [0, 0.05) is 6.42 Å². The van der Waals surface area contributed by atoms with Crippen LogP contribution in [0.2, 0.25) is 1.41 Å². The molecule has 1 amide bonds. The lowest BCUT2D eigenvalue weighted by Gasteiger charge is -2.15. The Morgan fingerprint density at radius 2 is 2.50 bits per heavy atom. The van der Waals surface area contributed by atoms with E-state index in [0.717, 1.165) is 12.8 Å². The van der Waals surface area contributed by atoms with Gasteiger partial charge in [0.2, 0.25) is 5.91 Å². The molecule has 0 aliphatic heterocycles. The summed E-state index contributed by atoms with van der Waals surface area (Å²) in [5.41, 5.74) is 1.84. The SMILES string of the molecule is [2H]NC(=O)CCOC1/C=C/CCCCC1. The Kier molecular flexibility index (Phi) is 4.58. The lowest BCUT2D eigenvalue weighted by atomic mass is 10.0. The summed E-state index contributed by atoms with van der Waals surface area (Å²) in [4.78, 5) is 10.8. The molecule has 0 aromatic rings. The highest BCUT2D eigenvalue weighted by Gasteiger charge is 2.07. The van der Waals surface area contributed by atoms with Crippen LogP contribution in [0, 0.1) is 0 Å². The van der Waals surface area contributed by atoms with Gasteiger partial charge in [-0.2, -0.15) is 0 Å². The molecule has 0 aromatic carbocycles. The molecule has 1 unspecified atom stereocenters. The molecule has 0 fully saturated rings. The van der Waals surface area contributed by atoms with Crippen molar-refractivity contribution in [1.29, 1.82) is 0 Å². The molecule has 3 heteroatoms. The zero-order chi connectivity index (χ0) is 10.9. The van der Waals surface area contributed by atoms with E-state index >= 15 is 0 Å². The molecule has 0 bridgehead atoms. The van der Waals surface area contributed by atoms with Crippen molar-refractivity contribution >= 4 is 5.91 Å². The number of rotatable bonds is 4. The highest BCUT2D eigenvalue weighted by molar-refractivity contribution is 5.73. The monoisotopic (exact) mass is 198 g/mol. The van der Waals surface area contributed by atoms with E-state index in [4.69, 9.17) is 6.15 Å². The summed E-state index contributed by atoms with van der Waals surface area (Å²) in [6.45, 7) is 0.403. The zero-order valence-corrected chi connectivity index (χ0v) is 8.50. The van der Waals surface area contributed by atoms with Crippen LogP contribution >= 0.6 is 0 Å². The number of carbonyl (C=O) groups is 1. The molecule has 0 radical (unpaired) electrons. The maximum atomic E-state index is 10.8. The molecule has 0 saturated carbocycles. The molecule has 0 heterocycles. The van der Waals surface area contributed by atoms with Crippen molar-refractivity contribution in [2.75, 3.05) is 6.61 Å². The number of carbonyl (C=O) groups excluding carboxylic acids is 1. The largest absolute Gasteiger partial charge is 0.374 e. The van der Waals surface area contributed by atoms with Crippen LogP contribution in [0.5, 0.6) is 0 Å². The lowest BCUT2D eigenvalue weighted by Crippen LogP contribution is -2.17. The summed E-state index contributed by atoms with van der Waals surface area (Å²) in [5.74, 6) is -0.287. The minimum atomic E-state index is -0.287. The van der Waals surface area contributed by atoms with Gasteiger partial charge in [0.25, 0.3) is 0 Å². The molecule has 3 nitrogen and oxygen atoms in total. The van der Waals surface area contributed by atoms with Crippen LogP contribution in [0.3, 0.4) is 0 Å². The van der Waals surface area contributed by atoms with Crippen molar-refractivity contribution in [3.05, 3.63) is 12.2 Å². The van der Waals surface area contributed by atoms with Gasteiger partial charge in [-0.1, -0.05) is 25.0 Å². The molecular formula is C11H19NO2. The summed E-state index contributed by atoms with van der Waals surface area (Å²) in [5, 5.41) is 0. The maximum absolute atomic E-state index is 10.8. The molecule has 0 saturated heterocycles. The van der Waals surface area contributed by atoms with E-state index in [-0.39, 0.29) is 18.4 Å². The van der Waals surface area contributed by atoms with Crippen LogP contribution in [0.25, 0.3) is 0 Å². The molecule has 0 spiro atoms. The van der Waals surface area contributed by atoms with E-state index in [0.29, 0.717) is 6.61 Å². The van der Waals surface area contributed by atoms with E-state index in [2.05, 4.69) is 12.2 Å². The molecular weight excluding hydrogens is 178 g/mol. The highest BCUT2D eigenvalue weighted by Crippen LogP contribution is 2.14. The first-order valence-corrected chi connectivity index (χ1v) is 5.32. The van der Waals surface area contributed by atoms with Gasteiger partial charge in [-0.15, -0.1) is 0 Å². The zero-order valence-electron chi connectivity index (χ0n) is 9.50. The summed E-state index contributed by atoms with van der Waals surface area (Å²) in [6, 6.07) is 0. The second kappa shape index (κ2) is 6.60. The Bertz CT molecular complexity index is 219. The van der Waals surface area contributed by atoms with E-state index < -0.39 is 0 Å². The van der Waals surface area contributed by atoms with Crippen molar-refractivity contribution in [3.8, 4) is 0 Å². The fourth-order valence-corrected chi connectivity index (χ4v) is 1.57. The van der Waals surface area contributed by atoms with Crippen LogP contribution in [0.1, 0.15) is 38.5 Å². The van der Waals surface area contributed by atoms with Crippen molar-refractivity contribution in [1.82, 2.24) is 0 Å². The first-order valence-electron chi connectivity index (χ1n) is 5.82. The van der Waals surface area contributed by atoms with Gasteiger partial charge in [0.1, 0.15) is 0 Å². The van der Waals surface area contributed by atoms with Gasteiger partial charge in [0.15, 0.2) is 1.41 Å². The molecule has 0 aromatic heterocycles. The molecule has 1 atom stereocenters. The van der Waals surface area contributed by atoms with Gasteiger partial charge < -0.3 is 10.5 Å². The first kappa shape index (κ1) is 9.71. The van der Waals surface area contributed by atoms with Gasteiger partial charge in [-0.25, -0.2) is 0 Å². The minimum Gasteiger partial charge on any atom is -0.374 e. The van der Waals surface area contributed by atoms with Crippen molar-refractivity contribution < 1.29 is 10.9 Å². The van der Waals surface area contributed by atoms with Crippen molar-refractivity contribution in [2.24, 2.45) is 5.73 Å². The molecule has 1 aliphatic rings. The number of primary amides is 1. The average molecular weight is 198 g/mol. The van der Waals surface area contributed by atoms with Crippen LogP contribution in [0.15, 0.2) is 12.2 Å².